The lowest BCUT2D eigenvalue weighted by Crippen LogP contribution is -2.23. The maximum absolute atomic E-state index is 12.1. The van der Waals surface area contributed by atoms with E-state index >= 15 is 0 Å². The topological polar surface area (TPSA) is 49.3 Å². The van der Waals surface area contributed by atoms with E-state index in [1.165, 1.54) is 0 Å². The van der Waals surface area contributed by atoms with Crippen LogP contribution in [-0.2, 0) is 4.79 Å². The molecular formula is C18H25NO2. The van der Waals surface area contributed by atoms with Crippen molar-refractivity contribution in [1.82, 2.24) is 0 Å². The summed E-state index contributed by atoms with van der Waals surface area (Å²) < 4.78 is 0. The second kappa shape index (κ2) is 7.28. The number of carbonyl (C=O) groups excluding carboxylic acids is 1. The van der Waals surface area contributed by atoms with Crippen LogP contribution in [0.4, 0.5) is 5.69 Å². The van der Waals surface area contributed by atoms with Crippen LogP contribution in [0.25, 0.3) is 0 Å². The van der Waals surface area contributed by atoms with E-state index < -0.39 is 0 Å². The van der Waals surface area contributed by atoms with Crippen molar-refractivity contribution in [3.63, 3.8) is 0 Å². The van der Waals surface area contributed by atoms with Crippen molar-refractivity contribution in [3.8, 4) is 11.8 Å². The van der Waals surface area contributed by atoms with Crippen LogP contribution in [0.2, 0.25) is 0 Å². The molecule has 3 heteroatoms. The number of aliphatic hydroxyl groups is 1. The molecule has 21 heavy (non-hydrogen) atoms. The third kappa shape index (κ3) is 5.61. The molecule has 0 radical (unpaired) electrons. The molecule has 0 spiro atoms. The lowest BCUT2D eigenvalue weighted by molar-refractivity contribution is -0.117. The van der Waals surface area contributed by atoms with Gasteiger partial charge in [0.1, 0.15) is 6.61 Å². The monoisotopic (exact) mass is 287 g/mol. The Bertz CT molecular complexity index is 559. The smallest absolute Gasteiger partial charge is 0.224 e. The number of hydrogen-bond donors (Lipinski definition) is 2. The van der Waals surface area contributed by atoms with E-state index in [-0.39, 0.29) is 17.9 Å². The van der Waals surface area contributed by atoms with Gasteiger partial charge in [0.2, 0.25) is 5.91 Å². The Morgan fingerprint density at radius 2 is 2.05 bits per heavy atom. The highest BCUT2D eigenvalue weighted by Crippen LogP contribution is 2.28. The van der Waals surface area contributed by atoms with Gasteiger partial charge in [-0.25, -0.2) is 0 Å². The molecule has 1 atom stereocenters. The second-order valence-corrected chi connectivity index (χ2v) is 6.51. The van der Waals surface area contributed by atoms with E-state index in [1.807, 2.05) is 25.1 Å². The number of hydrogen-bond acceptors (Lipinski definition) is 2. The average Bonchev–Trinajstić information content (AvgIpc) is 2.38. The van der Waals surface area contributed by atoms with Crippen molar-refractivity contribution >= 4 is 11.6 Å². The number of nitrogens with one attached hydrogen (secondary N) is 1. The Balaban J connectivity index is 2.77. The van der Waals surface area contributed by atoms with Crippen molar-refractivity contribution in [3.05, 3.63) is 29.3 Å². The average molecular weight is 287 g/mol. The van der Waals surface area contributed by atoms with Crippen LogP contribution in [0.1, 0.15) is 45.2 Å². The first kappa shape index (κ1) is 17.3. The van der Waals surface area contributed by atoms with Crippen LogP contribution in [0, 0.1) is 30.1 Å². The number of amides is 1. The lowest BCUT2D eigenvalue weighted by atomic mass is 9.80. The first-order valence-corrected chi connectivity index (χ1v) is 7.24. The summed E-state index contributed by atoms with van der Waals surface area (Å²) in [5.74, 6) is 5.84. The highest BCUT2D eigenvalue weighted by atomic mass is 16.2. The highest BCUT2D eigenvalue weighted by Gasteiger charge is 2.22. The molecule has 1 rings (SSSR count). The van der Waals surface area contributed by atoms with Crippen molar-refractivity contribution in [2.75, 3.05) is 11.9 Å². The second-order valence-electron chi connectivity index (χ2n) is 6.51. The number of aliphatic hydroxyl groups excluding tert-OH is 1. The normalized spacial score (nSPS) is 12.3. The maximum Gasteiger partial charge on any atom is 0.224 e. The Morgan fingerprint density at radius 3 is 2.62 bits per heavy atom. The van der Waals surface area contributed by atoms with Crippen LogP contribution in [0.3, 0.4) is 0 Å². The molecule has 0 aliphatic rings. The first-order chi connectivity index (χ1) is 9.74. The van der Waals surface area contributed by atoms with E-state index in [0.29, 0.717) is 12.3 Å². The third-order valence-electron chi connectivity index (χ3n) is 3.79. The predicted octanol–water partition coefficient (Wildman–Crippen LogP) is 3.35. The van der Waals surface area contributed by atoms with E-state index in [0.717, 1.165) is 16.8 Å². The summed E-state index contributed by atoms with van der Waals surface area (Å²) in [4.78, 5) is 12.1. The van der Waals surface area contributed by atoms with Gasteiger partial charge in [0.05, 0.1) is 0 Å². The fraction of sp³-hybridized carbons (Fsp3) is 0.500. The van der Waals surface area contributed by atoms with Crippen LogP contribution >= 0.6 is 0 Å². The van der Waals surface area contributed by atoms with Crippen LogP contribution in [-0.4, -0.2) is 17.6 Å². The minimum Gasteiger partial charge on any atom is -0.384 e. The molecule has 1 aromatic carbocycles. The number of carbonyl (C=O) groups is 1. The zero-order valence-corrected chi connectivity index (χ0v) is 13.6. The van der Waals surface area contributed by atoms with E-state index in [2.05, 4.69) is 44.9 Å². The Hall–Kier alpha value is -1.79. The molecular weight excluding hydrogens is 262 g/mol. The van der Waals surface area contributed by atoms with E-state index in [4.69, 9.17) is 5.11 Å². The van der Waals surface area contributed by atoms with Crippen LogP contribution < -0.4 is 5.32 Å². The molecule has 0 fully saturated rings. The third-order valence-corrected chi connectivity index (χ3v) is 3.79. The van der Waals surface area contributed by atoms with Crippen LogP contribution in [0.15, 0.2) is 18.2 Å². The molecule has 0 saturated carbocycles. The Kier molecular flexibility index (Phi) is 5.99. The summed E-state index contributed by atoms with van der Waals surface area (Å²) in [6.07, 6.45) is 0.495. The minimum atomic E-state index is -0.168. The number of benzene rings is 1. The fourth-order valence-corrected chi connectivity index (χ4v) is 1.77. The number of rotatable bonds is 3. The molecule has 114 valence electrons. The molecule has 0 aromatic heterocycles. The summed E-state index contributed by atoms with van der Waals surface area (Å²) in [6, 6.07) is 5.64. The molecule has 1 unspecified atom stereocenters. The van der Waals surface area contributed by atoms with Gasteiger partial charge in [0.15, 0.2) is 0 Å². The summed E-state index contributed by atoms with van der Waals surface area (Å²) in [6.45, 7) is 10.3. The van der Waals surface area contributed by atoms with Gasteiger partial charge in [-0.1, -0.05) is 45.6 Å². The van der Waals surface area contributed by atoms with Crippen molar-refractivity contribution in [2.24, 2.45) is 11.3 Å². The summed E-state index contributed by atoms with van der Waals surface area (Å²) in [5.41, 5.74) is 2.71. The number of aryl methyl sites for hydroxylation is 1. The maximum atomic E-state index is 12.1. The first-order valence-electron chi connectivity index (χ1n) is 7.24. The standard InChI is InChI=1S/C18H25NO2/c1-13-8-9-16(12-15(13)7-6-10-20)19-17(21)11-14(2)18(3,4)5/h8-9,12,14,20H,10-11H2,1-5H3,(H,19,21). The van der Waals surface area contributed by atoms with Crippen molar-refractivity contribution in [1.29, 1.82) is 0 Å². The minimum absolute atomic E-state index is 0.0161. The van der Waals surface area contributed by atoms with E-state index in [1.54, 1.807) is 0 Å². The molecule has 2 N–H and O–H groups in total. The largest absolute Gasteiger partial charge is 0.384 e. The highest BCUT2D eigenvalue weighted by molar-refractivity contribution is 5.91. The Labute approximate surface area is 127 Å². The number of anilines is 1. The zero-order chi connectivity index (χ0) is 16.0. The van der Waals surface area contributed by atoms with Gasteiger partial charge in [-0.2, -0.15) is 0 Å². The predicted molar refractivity (Wildman–Crippen MR) is 87.0 cm³/mol. The molecule has 1 amide bonds. The molecule has 3 nitrogen and oxygen atoms in total. The van der Waals surface area contributed by atoms with Gasteiger partial charge in [-0.15, -0.1) is 0 Å². The van der Waals surface area contributed by atoms with Crippen LogP contribution in [0.5, 0.6) is 0 Å². The lowest BCUT2D eigenvalue weighted by Gasteiger charge is -2.26. The fourth-order valence-electron chi connectivity index (χ4n) is 1.77. The molecule has 0 saturated heterocycles. The van der Waals surface area contributed by atoms with Crippen molar-refractivity contribution < 1.29 is 9.90 Å². The molecule has 0 heterocycles. The summed E-state index contributed by atoms with van der Waals surface area (Å²) in [5, 5.41) is 11.7. The van der Waals surface area contributed by atoms with Gasteiger partial charge < -0.3 is 10.4 Å². The van der Waals surface area contributed by atoms with Gasteiger partial charge in [-0.3, -0.25) is 4.79 Å². The van der Waals surface area contributed by atoms with Crippen molar-refractivity contribution in [2.45, 2.75) is 41.0 Å². The SMILES string of the molecule is Cc1ccc(NC(=O)CC(C)C(C)(C)C)cc1C#CCO. The van der Waals surface area contributed by atoms with Gasteiger partial charge in [0, 0.05) is 17.7 Å². The Morgan fingerprint density at radius 1 is 1.38 bits per heavy atom. The summed E-state index contributed by atoms with van der Waals surface area (Å²) in [7, 11) is 0. The molecule has 0 aliphatic carbocycles. The molecule has 0 bridgehead atoms. The van der Waals surface area contributed by atoms with Gasteiger partial charge in [0.25, 0.3) is 0 Å². The zero-order valence-electron chi connectivity index (χ0n) is 13.6. The van der Waals surface area contributed by atoms with Gasteiger partial charge >= 0.3 is 0 Å². The molecule has 1 aromatic rings. The van der Waals surface area contributed by atoms with Gasteiger partial charge in [-0.05, 0) is 36.0 Å². The quantitative estimate of drug-likeness (QED) is 0.838. The van der Waals surface area contributed by atoms with E-state index in [9.17, 15) is 4.79 Å². The molecule has 0 aliphatic heterocycles. The summed E-state index contributed by atoms with van der Waals surface area (Å²) >= 11 is 0.